The lowest BCUT2D eigenvalue weighted by Gasteiger charge is -2.22. The highest BCUT2D eigenvalue weighted by atomic mass is 16.6. The van der Waals surface area contributed by atoms with Crippen LogP contribution in [0.2, 0.25) is 0 Å². The van der Waals surface area contributed by atoms with Crippen molar-refractivity contribution in [3.63, 3.8) is 0 Å². The Morgan fingerprint density at radius 3 is 2.27 bits per heavy atom. The molecule has 1 rings (SSSR count). The monoisotopic (exact) mass is 309 g/mol. The third-order valence-corrected chi connectivity index (χ3v) is 2.66. The van der Waals surface area contributed by atoms with E-state index >= 15 is 0 Å². The summed E-state index contributed by atoms with van der Waals surface area (Å²) < 4.78 is 5.00. The van der Waals surface area contributed by atoms with Gasteiger partial charge in [0, 0.05) is 6.42 Å². The Kier molecular flexibility index (Phi) is 5.50. The lowest BCUT2D eigenvalue weighted by molar-refractivity contribution is -0.139. The number of carboxylic acid groups (broad SMARTS) is 2. The molecule has 1 amide bonds. The molecule has 22 heavy (non-hydrogen) atoms. The predicted octanol–water partition coefficient (Wildman–Crippen LogP) is 1.91. The van der Waals surface area contributed by atoms with Gasteiger partial charge >= 0.3 is 18.0 Å². The number of aromatic carboxylic acids is 1. The van der Waals surface area contributed by atoms with E-state index in [0.29, 0.717) is 5.56 Å². The molecule has 7 heteroatoms. The minimum absolute atomic E-state index is 0.000242. The number of amides is 1. The summed E-state index contributed by atoms with van der Waals surface area (Å²) in [5.74, 6) is -2.43. The first kappa shape index (κ1) is 17.5. The van der Waals surface area contributed by atoms with Gasteiger partial charge in [-0.2, -0.15) is 0 Å². The normalized spacial score (nSPS) is 12.3. The molecular formula is C15H19NO6. The molecule has 1 atom stereocenters. The van der Waals surface area contributed by atoms with Gasteiger partial charge in [0.2, 0.25) is 0 Å². The number of ether oxygens (including phenoxy) is 1. The molecule has 0 aromatic heterocycles. The van der Waals surface area contributed by atoms with Gasteiger partial charge in [-0.25, -0.2) is 14.4 Å². The molecule has 0 aliphatic carbocycles. The maximum Gasteiger partial charge on any atom is 0.408 e. The van der Waals surface area contributed by atoms with Gasteiger partial charge in [0.1, 0.15) is 11.6 Å². The summed E-state index contributed by atoms with van der Waals surface area (Å²) in [5.41, 5.74) is -0.440. The van der Waals surface area contributed by atoms with Crippen LogP contribution in [0.25, 0.3) is 0 Å². The highest BCUT2D eigenvalue weighted by Crippen LogP contribution is 2.13. The van der Waals surface area contributed by atoms with E-state index < -0.39 is 29.7 Å². The summed E-state index contributed by atoms with van der Waals surface area (Å²) in [5, 5.41) is 20.5. The van der Waals surface area contributed by atoms with Crippen LogP contribution in [0, 0.1) is 0 Å². The summed E-state index contributed by atoms with van der Waals surface area (Å²) in [4.78, 5) is 34.1. The molecule has 0 saturated carbocycles. The first-order valence-corrected chi connectivity index (χ1v) is 6.63. The molecule has 0 aliphatic rings. The van der Waals surface area contributed by atoms with Crippen molar-refractivity contribution < 1.29 is 29.3 Å². The van der Waals surface area contributed by atoms with Crippen LogP contribution in [0.5, 0.6) is 0 Å². The zero-order valence-corrected chi connectivity index (χ0v) is 12.6. The molecule has 0 bridgehead atoms. The molecule has 0 fully saturated rings. The van der Waals surface area contributed by atoms with Crippen LogP contribution < -0.4 is 5.32 Å². The van der Waals surface area contributed by atoms with Gasteiger partial charge in [-0.05, 0) is 32.4 Å². The Balaban J connectivity index is 2.88. The minimum atomic E-state index is -1.28. The van der Waals surface area contributed by atoms with Gasteiger partial charge in [-0.1, -0.05) is 18.2 Å². The highest BCUT2D eigenvalue weighted by Gasteiger charge is 2.25. The number of carbonyl (C=O) groups is 3. The number of aliphatic carboxylic acids is 1. The van der Waals surface area contributed by atoms with E-state index in [-0.39, 0.29) is 12.0 Å². The molecule has 120 valence electrons. The molecule has 0 heterocycles. The van der Waals surface area contributed by atoms with E-state index in [0.717, 1.165) is 0 Å². The van der Waals surface area contributed by atoms with Crippen LogP contribution >= 0.6 is 0 Å². The second-order valence-corrected chi connectivity index (χ2v) is 5.70. The van der Waals surface area contributed by atoms with Gasteiger partial charge in [-0.15, -0.1) is 0 Å². The van der Waals surface area contributed by atoms with Crippen LogP contribution in [0.4, 0.5) is 4.79 Å². The topological polar surface area (TPSA) is 113 Å². The van der Waals surface area contributed by atoms with Crippen molar-refractivity contribution in [3.8, 4) is 0 Å². The van der Waals surface area contributed by atoms with E-state index in [1.165, 1.54) is 12.1 Å². The maximum atomic E-state index is 11.7. The summed E-state index contributed by atoms with van der Waals surface area (Å²) in [6.45, 7) is 4.96. The molecule has 1 aromatic rings. The number of carbonyl (C=O) groups excluding carboxylic acids is 1. The molecule has 0 spiro atoms. The fraction of sp³-hybridized carbons (Fsp3) is 0.400. The summed E-state index contributed by atoms with van der Waals surface area (Å²) in [6.07, 6.45) is -1.02. The average Bonchev–Trinajstić information content (AvgIpc) is 2.35. The van der Waals surface area contributed by atoms with Gasteiger partial charge < -0.3 is 20.3 Å². The van der Waals surface area contributed by atoms with Crippen molar-refractivity contribution in [1.82, 2.24) is 5.32 Å². The Bertz CT molecular complexity index is 576. The fourth-order valence-corrected chi connectivity index (χ4v) is 1.78. The van der Waals surface area contributed by atoms with Gasteiger partial charge in [-0.3, -0.25) is 0 Å². The highest BCUT2D eigenvalue weighted by molar-refractivity contribution is 5.90. The predicted molar refractivity (Wildman–Crippen MR) is 77.9 cm³/mol. The summed E-state index contributed by atoms with van der Waals surface area (Å²) in [7, 11) is 0. The standard InChI is InChI=1S/C15H19NO6/c1-15(2,3)22-14(21)16-11(13(19)20)8-9-6-4-5-7-10(9)12(17)18/h4-7,11H,8H2,1-3H3,(H,16,21)(H,17,18)(H,19,20)/t11-/m0/s1. The lowest BCUT2D eigenvalue weighted by atomic mass is 10.0. The van der Waals surface area contributed by atoms with E-state index in [9.17, 15) is 19.5 Å². The minimum Gasteiger partial charge on any atom is -0.480 e. The van der Waals surface area contributed by atoms with Crippen LogP contribution in [0.3, 0.4) is 0 Å². The summed E-state index contributed by atoms with van der Waals surface area (Å²) in [6, 6.07) is 4.76. The Morgan fingerprint density at radius 1 is 1.18 bits per heavy atom. The number of benzene rings is 1. The van der Waals surface area contributed by atoms with Gasteiger partial charge in [0.05, 0.1) is 5.56 Å². The molecule has 0 radical (unpaired) electrons. The van der Waals surface area contributed by atoms with Crippen LogP contribution in [0.1, 0.15) is 36.7 Å². The number of alkyl carbamates (subject to hydrolysis) is 1. The van der Waals surface area contributed by atoms with Crippen molar-refractivity contribution >= 4 is 18.0 Å². The van der Waals surface area contributed by atoms with E-state index in [4.69, 9.17) is 9.84 Å². The Hall–Kier alpha value is -2.57. The number of carboxylic acids is 2. The third kappa shape index (κ3) is 5.43. The second kappa shape index (κ2) is 6.93. The number of hydrogen-bond donors (Lipinski definition) is 3. The van der Waals surface area contributed by atoms with E-state index in [2.05, 4.69) is 5.32 Å². The van der Waals surface area contributed by atoms with Crippen LogP contribution in [0.15, 0.2) is 24.3 Å². The Labute approximate surface area is 127 Å². The van der Waals surface area contributed by atoms with Crippen LogP contribution in [-0.4, -0.2) is 39.9 Å². The molecule has 0 aliphatic heterocycles. The van der Waals surface area contributed by atoms with Crippen LogP contribution in [-0.2, 0) is 16.0 Å². The number of rotatable bonds is 5. The van der Waals surface area contributed by atoms with E-state index in [1.54, 1.807) is 32.9 Å². The number of hydrogen-bond acceptors (Lipinski definition) is 4. The smallest absolute Gasteiger partial charge is 0.408 e. The Morgan fingerprint density at radius 2 is 1.77 bits per heavy atom. The van der Waals surface area contributed by atoms with E-state index in [1.807, 2.05) is 0 Å². The molecular weight excluding hydrogens is 290 g/mol. The van der Waals surface area contributed by atoms with Crippen molar-refractivity contribution in [2.24, 2.45) is 0 Å². The first-order valence-electron chi connectivity index (χ1n) is 6.63. The number of nitrogens with one attached hydrogen (secondary N) is 1. The second-order valence-electron chi connectivity index (χ2n) is 5.70. The molecule has 0 saturated heterocycles. The maximum absolute atomic E-state index is 11.7. The van der Waals surface area contributed by atoms with Crippen molar-refractivity contribution in [2.75, 3.05) is 0 Å². The molecule has 7 nitrogen and oxygen atoms in total. The summed E-state index contributed by atoms with van der Waals surface area (Å²) >= 11 is 0. The third-order valence-electron chi connectivity index (χ3n) is 2.66. The molecule has 0 unspecified atom stereocenters. The molecule has 3 N–H and O–H groups in total. The van der Waals surface area contributed by atoms with Crippen molar-refractivity contribution in [2.45, 2.75) is 38.8 Å². The van der Waals surface area contributed by atoms with Gasteiger partial charge in [0.15, 0.2) is 0 Å². The zero-order chi connectivity index (χ0) is 16.9. The lowest BCUT2D eigenvalue weighted by Crippen LogP contribution is -2.44. The fourth-order valence-electron chi connectivity index (χ4n) is 1.78. The SMILES string of the molecule is CC(C)(C)OC(=O)N[C@@H](Cc1ccccc1C(=O)O)C(=O)O. The van der Waals surface area contributed by atoms with Crippen molar-refractivity contribution in [1.29, 1.82) is 0 Å². The first-order chi connectivity index (χ1) is 10.1. The molecule has 1 aromatic carbocycles. The average molecular weight is 309 g/mol. The van der Waals surface area contributed by atoms with Crippen molar-refractivity contribution in [3.05, 3.63) is 35.4 Å². The zero-order valence-electron chi connectivity index (χ0n) is 12.6. The van der Waals surface area contributed by atoms with Gasteiger partial charge in [0.25, 0.3) is 0 Å². The quantitative estimate of drug-likeness (QED) is 0.765. The largest absolute Gasteiger partial charge is 0.480 e.